The van der Waals surface area contributed by atoms with E-state index in [1.165, 1.54) is 0 Å². The van der Waals surface area contributed by atoms with E-state index < -0.39 is 7.37 Å². The van der Waals surface area contributed by atoms with Gasteiger partial charge in [-0.1, -0.05) is 96.6 Å². The zero-order chi connectivity index (χ0) is 26.0. The van der Waals surface area contributed by atoms with Gasteiger partial charge in [-0.05, 0) is 67.3 Å². The molecule has 0 fully saturated rings. The summed E-state index contributed by atoms with van der Waals surface area (Å²) in [5, 5.41) is 12.4. The third-order valence-corrected chi connectivity index (χ3v) is 9.25. The highest BCUT2D eigenvalue weighted by Gasteiger charge is 2.34. The summed E-state index contributed by atoms with van der Waals surface area (Å²) in [6, 6.07) is 36.4. The second-order valence-corrected chi connectivity index (χ2v) is 11.6. The summed E-state index contributed by atoms with van der Waals surface area (Å²) in [6.07, 6.45) is 0. The molecule has 0 spiro atoms. The fourth-order valence-corrected chi connectivity index (χ4v) is 7.47. The maximum atomic E-state index is 15.2. The second kappa shape index (κ2) is 10.1. The largest absolute Gasteiger partial charge is 0.507 e. The molecule has 0 saturated carbocycles. The average Bonchev–Trinajstić information content (AvgIpc) is 2.90. The fraction of sp³-hybridized carbons (Fsp3) is 0.0909. The lowest BCUT2D eigenvalue weighted by molar-refractivity contribution is 0.474. The minimum absolute atomic E-state index is 0.134. The summed E-state index contributed by atoms with van der Waals surface area (Å²) >= 11 is 0. The van der Waals surface area contributed by atoms with Gasteiger partial charge < -0.3 is 9.63 Å². The summed E-state index contributed by atoms with van der Waals surface area (Å²) < 4.78 is 21.9. The van der Waals surface area contributed by atoms with Gasteiger partial charge in [0, 0.05) is 11.1 Å². The molecule has 0 aliphatic carbocycles. The molecule has 0 aromatic heterocycles. The van der Waals surface area contributed by atoms with Gasteiger partial charge in [0.2, 0.25) is 0 Å². The number of phenolic OH excluding ortho intramolecular Hbond substituents is 1. The molecular weight excluding hydrogens is 475 g/mol. The first-order valence-corrected chi connectivity index (χ1v) is 13.9. The van der Waals surface area contributed by atoms with Crippen LogP contribution in [0.3, 0.4) is 0 Å². The van der Waals surface area contributed by atoms with Crippen LogP contribution in [0.2, 0.25) is 0 Å². The second-order valence-electron chi connectivity index (χ2n) is 9.32. The Labute approximate surface area is 218 Å². The van der Waals surface area contributed by atoms with Crippen molar-refractivity contribution >= 4 is 18.0 Å². The first-order valence-electron chi connectivity index (χ1n) is 12.3. The molecule has 1 N–H and O–H groups in total. The van der Waals surface area contributed by atoms with Gasteiger partial charge in [-0.25, -0.2) is 0 Å². The summed E-state index contributed by atoms with van der Waals surface area (Å²) in [6.45, 7) is 6.01. The molecular formula is C33H29O3P. The normalized spacial score (nSPS) is 12.6. The van der Waals surface area contributed by atoms with Crippen LogP contribution in [0.5, 0.6) is 11.5 Å². The number of hydrogen-bond acceptors (Lipinski definition) is 3. The Kier molecular flexibility index (Phi) is 6.74. The topological polar surface area (TPSA) is 46.5 Å². The molecule has 0 aliphatic heterocycles. The Morgan fingerprint density at radius 2 is 1.11 bits per heavy atom. The molecule has 4 heteroatoms. The van der Waals surface area contributed by atoms with E-state index in [0.29, 0.717) is 27.5 Å². The molecule has 0 bridgehead atoms. The van der Waals surface area contributed by atoms with E-state index in [1.807, 2.05) is 124 Å². The molecule has 0 radical (unpaired) electrons. The summed E-state index contributed by atoms with van der Waals surface area (Å²) in [7, 11) is -3.60. The number of aromatic hydroxyl groups is 1. The van der Waals surface area contributed by atoms with Gasteiger partial charge in [-0.2, -0.15) is 0 Å². The van der Waals surface area contributed by atoms with Crippen LogP contribution in [0.25, 0.3) is 22.3 Å². The predicted molar refractivity (Wildman–Crippen MR) is 154 cm³/mol. The molecule has 3 nitrogen and oxygen atoms in total. The van der Waals surface area contributed by atoms with Crippen LogP contribution in [-0.4, -0.2) is 5.11 Å². The molecule has 5 aromatic rings. The molecule has 0 saturated heterocycles. The monoisotopic (exact) mass is 504 g/mol. The van der Waals surface area contributed by atoms with Crippen molar-refractivity contribution in [2.75, 3.05) is 0 Å². The molecule has 1 unspecified atom stereocenters. The molecule has 184 valence electrons. The third kappa shape index (κ3) is 4.83. The molecule has 37 heavy (non-hydrogen) atoms. The molecule has 1 atom stereocenters. The molecule has 0 amide bonds. The van der Waals surface area contributed by atoms with Crippen LogP contribution >= 0.6 is 7.37 Å². The van der Waals surface area contributed by atoms with Crippen molar-refractivity contribution in [1.82, 2.24) is 0 Å². The highest BCUT2D eigenvalue weighted by molar-refractivity contribution is 7.74. The highest BCUT2D eigenvalue weighted by atomic mass is 31.2. The van der Waals surface area contributed by atoms with Gasteiger partial charge in [0.25, 0.3) is 0 Å². The van der Waals surface area contributed by atoms with Crippen LogP contribution in [-0.2, 0) is 4.57 Å². The van der Waals surface area contributed by atoms with Gasteiger partial charge in [0.1, 0.15) is 11.5 Å². The van der Waals surface area contributed by atoms with E-state index in [1.54, 1.807) is 12.1 Å². The van der Waals surface area contributed by atoms with E-state index in [0.717, 1.165) is 27.8 Å². The zero-order valence-electron chi connectivity index (χ0n) is 21.2. The lowest BCUT2D eigenvalue weighted by Crippen LogP contribution is -2.25. The number of hydrogen-bond donors (Lipinski definition) is 1. The van der Waals surface area contributed by atoms with Crippen LogP contribution in [0.4, 0.5) is 0 Å². The quantitative estimate of drug-likeness (QED) is 0.239. The molecule has 0 aliphatic rings. The minimum Gasteiger partial charge on any atom is -0.507 e. The van der Waals surface area contributed by atoms with E-state index in [9.17, 15) is 5.11 Å². The highest BCUT2D eigenvalue weighted by Crippen LogP contribution is 2.51. The first-order chi connectivity index (χ1) is 17.9. The maximum absolute atomic E-state index is 15.2. The van der Waals surface area contributed by atoms with Crippen molar-refractivity contribution in [3.8, 4) is 33.8 Å². The van der Waals surface area contributed by atoms with Crippen molar-refractivity contribution in [3.05, 3.63) is 132 Å². The van der Waals surface area contributed by atoms with E-state index in [4.69, 9.17) is 4.52 Å². The van der Waals surface area contributed by atoms with Gasteiger partial charge in [0.15, 0.2) is 0 Å². The number of phenols is 1. The smallest absolute Gasteiger partial charge is 0.307 e. The Balaban J connectivity index is 1.78. The Bertz CT molecular complexity index is 1570. The van der Waals surface area contributed by atoms with Gasteiger partial charge in [0.05, 0.1) is 10.6 Å². The van der Waals surface area contributed by atoms with E-state index in [2.05, 4.69) is 0 Å². The van der Waals surface area contributed by atoms with Crippen LogP contribution < -0.4 is 15.1 Å². The van der Waals surface area contributed by atoms with Crippen molar-refractivity contribution in [3.63, 3.8) is 0 Å². The zero-order valence-corrected chi connectivity index (χ0v) is 22.1. The van der Waals surface area contributed by atoms with Crippen LogP contribution in [0, 0.1) is 20.8 Å². The molecule has 5 aromatic carbocycles. The SMILES string of the molecule is Cc1cc(C)c(P(=O)(Oc2cc(-c3ccccc3)c(O)cc2-c2ccccc2)c2ccccc2)c(C)c1. The Hall–Kier alpha value is -4.07. The van der Waals surface area contributed by atoms with Crippen LogP contribution in [0.1, 0.15) is 16.7 Å². The summed E-state index contributed by atoms with van der Waals surface area (Å²) in [4.78, 5) is 0. The predicted octanol–water partition coefficient (Wildman–Crippen LogP) is 7.96. The fourth-order valence-electron chi connectivity index (χ4n) is 4.96. The summed E-state index contributed by atoms with van der Waals surface area (Å²) in [5.74, 6) is 0.587. The number of aryl methyl sites for hydroxylation is 3. The minimum atomic E-state index is -3.60. The van der Waals surface area contributed by atoms with Crippen molar-refractivity contribution in [1.29, 1.82) is 0 Å². The maximum Gasteiger partial charge on any atom is 0.307 e. The third-order valence-electron chi connectivity index (χ3n) is 6.52. The van der Waals surface area contributed by atoms with Gasteiger partial charge in [-0.15, -0.1) is 0 Å². The Morgan fingerprint density at radius 1 is 0.622 bits per heavy atom. The summed E-state index contributed by atoms with van der Waals surface area (Å²) in [5.41, 5.74) is 5.97. The van der Waals surface area contributed by atoms with Crippen LogP contribution in [0.15, 0.2) is 115 Å². The number of rotatable bonds is 6. The first kappa shape index (κ1) is 24.6. The van der Waals surface area contributed by atoms with E-state index in [-0.39, 0.29) is 5.75 Å². The number of benzene rings is 5. The Morgan fingerprint density at radius 3 is 1.65 bits per heavy atom. The van der Waals surface area contributed by atoms with Gasteiger partial charge >= 0.3 is 7.37 Å². The standard InChI is InChI=1S/C33H29O3P/c1-23-19-24(2)33(25(3)20-23)37(35,28-17-11-6-12-18-28)36-32-22-29(26-13-7-4-8-14-26)31(34)21-30(32)27-15-9-5-10-16-27/h4-22,34H,1-3H3. The lowest BCUT2D eigenvalue weighted by Gasteiger charge is -2.26. The van der Waals surface area contributed by atoms with E-state index >= 15 is 4.57 Å². The van der Waals surface area contributed by atoms with Crippen molar-refractivity contribution in [2.45, 2.75) is 20.8 Å². The molecule has 0 heterocycles. The average molecular weight is 505 g/mol. The van der Waals surface area contributed by atoms with Crippen molar-refractivity contribution in [2.24, 2.45) is 0 Å². The molecule has 5 rings (SSSR count). The van der Waals surface area contributed by atoms with Crippen molar-refractivity contribution < 1.29 is 14.2 Å². The van der Waals surface area contributed by atoms with Gasteiger partial charge in [-0.3, -0.25) is 4.57 Å². The lowest BCUT2D eigenvalue weighted by atomic mass is 9.98.